The summed E-state index contributed by atoms with van der Waals surface area (Å²) in [5, 5.41) is 3.92. The molecule has 1 saturated heterocycles. The van der Waals surface area contributed by atoms with Crippen molar-refractivity contribution in [1.82, 2.24) is 10.6 Å². The van der Waals surface area contributed by atoms with Gasteiger partial charge in [0.05, 0.1) is 0 Å². The smallest absolute Gasteiger partial charge is 0.252 e. The standard InChI is InChI=1S/C7H13ClN2O3S/c1-2-5(8)14(12,13)7-6(11)9-3-4-10-7/h5,7,10H,2-4H2,1H3,(H,9,11). The van der Waals surface area contributed by atoms with Gasteiger partial charge in [-0.25, -0.2) is 8.42 Å². The molecule has 0 saturated carbocycles. The molecule has 0 aromatic rings. The lowest BCUT2D eigenvalue weighted by Gasteiger charge is -2.24. The lowest BCUT2D eigenvalue weighted by Crippen LogP contribution is -2.57. The molecule has 1 fully saturated rings. The molecule has 5 nitrogen and oxygen atoms in total. The zero-order valence-corrected chi connectivity index (χ0v) is 9.36. The van der Waals surface area contributed by atoms with Crippen molar-refractivity contribution in [3.63, 3.8) is 0 Å². The Morgan fingerprint density at radius 1 is 1.57 bits per heavy atom. The van der Waals surface area contributed by atoms with Crippen LogP contribution in [-0.4, -0.2) is 37.5 Å². The van der Waals surface area contributed by atoms with Crippen LogP contribution in [0.4, 0.5) is 0 Å². The quantitative estimate of drug-likeness (QED) is 0.648. The molecule has 1 amide bonds. The maximum Gasteiger partial charge on any atom is 0.252 e. The first-order valence-corrected chi connectivity index (χ1v) is 6.42. The Hall–Kier alpha value is -0.330. The van der Waals surface area contributed by atoms with Crippen molar-refractivity contribution in [1.29, 1.82) is 0 Å². The Morgan fingerprint density at radius 3 is 2.71 bits per heavy atom. The molecule has 1 aliphatic rings. The molecule has 2 atom stereocenters. The summed E-state index contributed by atoms with van der Waals surface area (Å²) in [6.45, 7) is 2.56. The van der Waals surface area contributed by atoms with Gasteiger partial charge in [0.2, 0.25) is 0 Å². The molecular weight excluding hydrogens is 228 g/mol. The first-order valence-electron chi connectivity index (χ1n) is 4.38. The molecule has 0 bridgehead atoms. The number of sulfone groups is 1. The number of hydrogen-bond acceptors (Lipinski definition) is 4. The molecule has 7 heteroatoms. The number of alkyl halides is 1. The third-order valence-corrected chi connectivity index (χ3v) is 5.14. The van der Waals surface area contributed by atoms with E-state index in [0.717, 1.165) is 0 Å². The van der Waals surface area contributed by atoms with Gasteiger partial charge in [0.15, 0.2) is 15.2 Å². The second kappa shape index (κ2) is 4.46. The number of amides is 1. The van der Waals surface area contributed by atoms with Gasteiger partial charge in [-0.15, -0.1) is 11.6 Å². The molecule has 2 unspecified atom stereocenters. The van der Waals surface area contributed by atoms with E-state index < -0.39 is 25.8 Å². The lowest BCUT2D eigenvalue weighted by atomic mass is 10.4. The molecule has 0 radical (unpaired) electrons. The molecule has 14 heavy (non-hydrogen) atoms. The summed E-state index contributed by atoms with van der Waals surface area (Å²) in [6, 6.07) is 0. The van der Waals surface area contributed by atoms with E-state index in [1.165, 1.54) is 0 Å². The van der Waals surface area contributed by atoms with Crippen LogP contribution in [0.3, 0.4) is 0 Å². The van der Waals surface area contributed by atoms with Gasteiger partial charge >= 0.3 is 0 Å². The Bertz CT molecular complexity index is 317. The highest BCUT2D eigenvalue weighted by Gasteiger charge is 2.38. The zero-order chi connectivity index (χ0) is 10.8. The largest absolute Gasteiger partial charge is 0.353 e. The van der Waals surface area contributed by atoms with Gasteiger partial charge in [-0.2, -0.15) is 0 Å². The fourth-order valence-electron chi connectivity index (χ4n) is 1.22. The minimum Gasteiger partial charge on any atom is -0.353 e. The third-order valence-electron chi connectivity index (χ3n) is 2.00. The van der Waals surface area contributed by atoms with Crippen LogP contribution in [0.5, 0.6) is 0 Å². The highest BCUT2D eigenvalue weighted by Crippen LogP contribution is 2.16. The second-order valence-corrected chi connectivity index (χ2v) is 6.04. The van der Waals surface area contributed by atoms with Crippen LogP contribution in [0.15, 0.2) is 0 Å². The van der Waals surface area contributed by atoms with Gasteiger partial charge in [-0.1, -0.05) is 6.92 Å². The van der Waals surface area contributed by atoms with Gasteiger partial charge in [-0.05, 0) is 6.42 Å². The maximum atomic E-state index is 11.7. The Balaban J connectivity index is 2.85. The van der Waals surface area contributed by atoms with Crippen LogP contribution >= 0.6 is 11.6 Å². The summed E-state index contributed by atoms with van der Waals surface area (Å²) in [5.74, 6) is -0.518. The SMILES string of the molecule is CCC(Cl)S(=O)(=O)C1NCCNC1=O. The molecule has 1 rings (SSSR count). The third kappa shape index (κ3) is 2.18. The van der Waals surface area contributed by atoms with Crippen molar-refractivity contribution >= 4 is 27.3 Å². The summed E-state index contributed by atoms with van der Waals surface area (Å²) in [4.78, 5) is 11.2. The van der Waals surface area contributed by atoms with Crippen LogP contribution in [-0.2, 0) is 14.6 Å². The minimum absolute atomic E-state index is 0.287. The van der Waals surface area contributed by atoms with Crippen molar-refractivity contribution in [2.45, 2.75) is 23.4 Å². The van der Waals surface area contributed by atoms with Gasteiger partial charge < -0.3 is 5.32 Å². The molecule has 0 aromatic carbocycles. The summed E-state index contributed by atoms with van der Waals surface area (Å²) in [7, 11) is -3.62. The van der Waals surface area contributed by atoms with Crippen molar-refractivity contribution in [2.24, 2.45) is 0 Å². The number of halogens is 1. The molecular formula is C7H13ClN2O3S. The van der Waals surface area contributed by atoms with E-state index in [2.05, 4.69) is 10.6 Å². The molecule has 2 N–H and O–H groups in total. The zero-order valence-electron chi connectivity index (χ0n) is 7.79. The summed E-state index contributed by atoms with van der Waals surface area (Å²) in [6.07, 6.45) is 0.287. The molecule has 82 valence electrons. The number of piperazine rings is 1. The monoisotopic (exact) mass is 240 g/mol. The first-order chi connectivity index (χ1) is 6.50. The van der Waals surface area contributed by atoms with Gasteiger partial charge in [-0.3, -0.25) is 10.1 Å². The van der Waals surface area contributed by atoms with Crippen molar-refractivity contribution in [3.8, 4) is 0 Å². The van der Waals surface area contributed by atoms with E-state index in [0.29, 0.717) is 13.1 Å². The van der Waals surface area contributed by atoms with E-state index in [-0.39, 0.29) is 6.42 Å². The number of rotatable bonds is 3. The Kier molecular flexibility index (Phi) is 3.74. The summed E-state index contributed by atoms with van der Waals surface area (Å²) < 4.78 is 22.3. The minimum atomic E-state index is -3.62. The molecule has 1 aliphatic heterocycles. The van der Waals surface area contributed by atoms with Gasteiger partial charge in [0.25, 0.3) is 5.91 Å². The number of carbonyl (C=O) groups excluding carboxylic acids is 1. The van der Waals surface area contributed by atoms with Gasteiger partial charge in [0, 0.05) is 13.1 Å². The van der Waals surface area contributed by atoms with Crippen molar-refractivity contribution < 1.29 is 13.2 Å². The predicted molar refractivity (Wildman–Crippen MR) is 53.7 cm³/mol. The van der Waals surface area contributed by atoms with E-state index in [1.807, 2.05) is 0 Å². The predicted octanol–water partition coefficient (Wildman–Crippen LogP) is -0.578. The maximum absolute atomic E-state index is 11.7. The van der Waals surface area contributed by atoms with E-state index in [1.54, 1.807) is 6.92 Å². The van der Waals surface area contributed by atoms with Crippen LogP contribution in [0.25, 0.3) is 0 Å². The summed E-state index contributed by atoms with van der Waals surface area (Å²) in [5.41, 5.74) is 0. The molecule has 1 heterocycles. The molecule has 0 spiro atoms. The summed E-state index contributed by atoms with van der Waals surface area (Å²) >= 11 is 5.65. The van der Waals surface area contributed by atoms with Crippen molar-refractivity contribution in [2.75, 3.05) is 13.1 Å². The Labute approximate surface area is 88.1 Å². The fraction of sp³-hybridized carbons (Fsp3) is 0.857. The fourth-order valence-corrected chi connectivity index (χ4v) is 3.02. The topological polar surface area (TPSA) is 75.3 Å². The van der Waals surface area contributed by atoms with Gasteiger partial charge in [0.1, 0.15) is 4.71 Å². The normalized spacial score (nSPS) is 25.6. The molecule has 0 aliphatic carbocycles. The van der Waals surface area contributed by atoms with Crippen LogP contribution in [0.1, 0.15) is 13.3 Å². The average Bonchev–Trinajstić information content (AvgIpc) is 2.17. The number of hydrogen-bond donors (Lipinski definition) is 2. The van der Waals surface area contributed by atoms with Crippen LogP contribution < -0.4 is 10.6 Å². The van der Waals surface area contributed by atoms with E-state index in [4.69, 9.17) is 11.6 Å². The van der Waals surface area contributed by atoms with Crippen LogP contribution in [0, 0.1) is 0 Å². The van der Waals surface area contributed by atoms with Crippen LogP contribution in [0.2, 0.25) is 0 Å². The first kappa shape index (κ1) is 11.7. The molecule has 0 aromatic heterocycles. The van der Waals surface area contributed by atoms with Crippen molar-refractivity contribution in [3.05, 3.63) is 0 Å². The Morgan fingerprint density at radius 2 is 2.21 bits per heavy atom. The lowest BCUT2D eigenvalue weighted by molar-refractivity contribution is -0.122. The highest BCUT2D eigenvalue weighted by atomic mass is 35.5. The number of nitrogens with one attached hydrogen (secondary N) is 2. The number of carbonyl (C=O) groups is 1. The van der Waals surface area contributed by atoms with E-state index in [9.17, 15) is 13.2 Å². The second-order valence-electron chi connectivity index (χ2n) is 3.03. The average molecular weight is 241 g/mol. The van der Waals surface area contributed by atoms with E-state index >= 15 is 0 Å². The highest BCUT2D eigenvalue weighted by molar-refractivity contribution is 7.94.